The molecule has 0 spiro atoms. The van der Waals surface area contributed by atoms with Crippen LogP contribution in [0.3, 0.4) is 0 Å². The van der Waals surface area contributed by atoms with E-state index in [1.807, 2.05) is 6.92 Å². The Hall–Kier alpha value is -3.49. The zero-order valence-electron chi connectivity index (χ0n) is 17.9. The monoisotopic (exact) mass is 446 g/mol. The highest BCUT2D eigenvalue weighted by molar-refractivity contribution is 5.64. The zero-order valence-corrected chi connectivity index (χ0v) is 17.9. The lowest BCUT2D eigenvalue weighted by molar-refractivity contribution is -0.137. The third kappa shape index (κ3) is 6.50. The number of hydrogen-bond acceptors (Lipinski definition) is 6. The Balaban J connectivity index is 1.80. The van der Waals surface area contributed by atoms with Crippen molar-refractivity contribution in [2.75, 3.05) is 23.8 Å². The molecule has 6 nitrogen and oxygen atoms in total. The van der Waals surface area contributed by atoms with Crippen LogP contribution in [-0.4, -0.2) is 23.2 Å². The van der Waals surface area contributed by atoms with Crippen LogP contribution in [0.4, 0.5) is 36.3 Å². The molecule has 0 atom stereocenters. The molecule has 0 aliphatic rings. The van der Waals surface area contributed by atoms with Gasteiger partial charge in [-0.1, -0.05) is 19.4 Å². The van der Waals surface area contributed by atoms with E-state index >= 15 is 0 Å². The fourth-order valence-corrected chi connectivity index (χ4v) is 2.81. The van der Waals surface area contributed by atoms with E-state index in [1.54, 1.807) is 48.5 Å². The summed E-state index contributed by atoms with van der Waals surface area (Å²) in [6.07, 6.45) is -1.86. The van der Waals surface area contributed by atoms with E-state index in [4.69, 9.17) is 9.47 Å². The normalized spacial score (nSPS) is 11.2. The summed E-state index contributed by atoms with van der Waals surface area (Å²) < 4.78 is 51.5. The zero-order chi connectivity index (χ0) is 23.0. The van der Waals surface area contributed by atoms with E-state index in [1.165, 1.54) is 0 Å². The molecule has 9 heteroatoms. The van der Waals surface area contributed by atoms with E-state index < -0.39 is 11.7 Å². The molecule has 1 aromatic heterocycles. The third-order valence-electron chi connectivity index (χ3n) is 4.38. The molecule has 0 aliphatic heterocycles. The number of anilines is 4. The van der Waals surface area contributed by atoms with Crippen molar-refractivity contribution >= 4 is 23.1 Å². The van der Waals surface area contributed by atoms with Gasteiger partial charge < -0.3 is 20.1 Å². The van der Waals surface area contributed by atoms with Gasteiger partial charge in [-0.15, -0.1) is 0 Å². The van der Waals surface area contributed by atoms with Crippen molar-refractivity contribution in [1.82, 2.24) is 9.97 Å². The molecule has 0 fully saturated rings. The van der Waals surface area contributed by atoms with E-state index in [2.05, 4.69) is 27.5 Å². The number of nitrogens with zero attached hydrogens (tertiary/aromatic N) is 2. The Bertz CT molecular complexity index is 1010. The Kier molecular flexibility index (Phi) is 7.75. The summed E-state index contributed by atoms with van der Waals surface area (Å²) in [5.41, 5.74) is 0.0705. The Morgan fingerprint density at radius 1 is 0.906 bits per heavy atom. The molecule has 0 bridgehead atoms. The minimum atomic E-state index is -4.62. The summed E-state index contributed by atoms with van der Waals surface area (Å²) in [4.78, 5) is 7.90. The molecule has 3 aromatic rings. The molecule has 0 amide bonds. The van der Waals surface area contributed by atoms with Crippen LogP contribution in [0.5, 0.6) is 11.5 Å². The van der Waals surface area contributed by atoms with E-state index in [0.29, 0.717) is 36.1 Å². The van der Waals surface area contributed by atoms with Gasteiger partial charge in [0.2, 0.25) is 5.95 Å². The van der Waals surface area contributed by atoms with Gasteiger partial charge in [-0.3, -0.25) is 0 Å². The van der Waals surface area contributed by atoms with Crippen molar-refractivity contribution in [3.63, 3.8) is 0 Å². The molecule has 32 heavy (non-hydrogen) atoms. The number of unbranched alkanes of at least 4 members (excludes halogenated alkanes) is 1. The van der Waals surface area contributed by atoms with Crippen LogP contribution < -0.4 is 20.1 Å². The van der Waals surface area contributed by atoms with Gasteiger partial charge in [0.25, 0.3) is 0 Å². The fraction of sp³-hybridized carbons (Fsp3) is 0.304. The molecule has 1 heterocycles. The fourth-order valence-electron chi connectivity index (χ4n) is 2.81. The second-order valence-corrected chi connectivity index (χ2v) is 6.89. The lowest BCUT2D eigenvalue weighted by atomic mass is 10.2. The van der Waals surface area contributed by atoms with Crippen LogP contribution in [0.25, 0.3) is 0 Å². The molecular weight excluding hydrogens is 421 g/mol. The maximum atomic E-state index is 13.5. The maximum Gasteiger partial charge on any atom is 0.421 e. The molecule has 0 aliphatic carbocycles. The van der Waals surface area contributed by atoms with Crippen molar-refractivity contribution in [1.29, 1.82) is 0 Å². The maximum absolute atomic E-state index is 13.5. The van der Waals surface area contributed by atoms with E-state index in [-0.39, 0.29) is 11.8 Å². The van der Waals surface area contributed by atoms with Crippen molar-refractivity contribution in [2.45, 2.75) is 32.9 Å². The molecule has 2 N–H and O–H groups in total. The first kappa shape index (κ1) is 23.2. The average Bonchev–Trinajstić information content (AvgIpc) is 2.75. The first-order valence-corrected chi connectivity index (χ1v) is 10.3. The van der Waals surface area contributed by atoms with Crippen LogP contribution in [0.15, 0.2) is 54.7 Å². The number of hydrogen-bond donors (Lipinski definition) is 2. The van der Waals surface area contributed by atoms with Crippen LogP contribution in [0, 0.1) is 0 Å². The van der Waals surface area contributed by atoms with Gasteiger partial charge in [-0.25, -0.2) is 4.98 Å². The predicted octanol–water partition coefficient (Wildman–Crippen LogP) is 6.56. The summed E-state index contributed by atoms with van der Waals surface area (Å²) in [5.74, 6) is 0.929. The number of benzene rings is 2. The molecule has 0 saturated carbocycles. The molecule has 2 aromatic carbocycles. The van der Waals surface area contributed by atoms with E-state index in [9.17, 15) is 13.2 Å². The van der Waals surface area contributed by atoms with Crippen molar-refractivity contribution in [3.8, 4) is 11.5 Å². The molecule has 0 radical (unpaired) electrons. The van der Waals surface area contributed by atoms with Gasteiger partial charge in [0.1, 0.15) is 22.9 Å². The number of rotatable bonds is 10. The second kappa shape index (κ2) is 10.7. The SMILES string of the molecule is CCCCOc1ccc(Nc2ncc(C(F)(F)F)c(Nc3cccc(OCC)c3)n2)cc1. The highest BCUT2D eigenvalue weighted by Crippen LogP contribution is 2.35. The lowest BCUT2D eigenvalue weighted by Gasteiger charge is -2.15. The van der Waals surface area contributed by atoms with Gasteiger partial charge in [-0.05, 0) is 49.7 Å². The minimum absolute atomic E-state index is 0.0288. The van der Waals surface area contributed by atoms with Crippen LogP contribution >= 0.6 is 0 Å². The smallest absolute Gasteiger partial charge is 0.421 e. The molecule has 170 valence electrons. The summed E-state index contributed by atoms with van der Waals surface area (Å²) >= 11 is 0. The van der Waals surface area contributed by atoms with Gasteiger partial charge in [0.15, 0.2) is 0 Å². The molecule has 0 saturated heterocycles. The Labute approximate surface area is 184 Å². The Morgan fingerprint density at radius 2 is 1.69 bits per heavy atom. The van der Waals surface area contributed by atoms with Gasteiger partial charge >= 0.3 is 6.18 Å². The predicted molar refractivity (Wildman–Crippen MR) is 118 cm³/mol. The van der Waals surface area contributed by atoms with Crippen LogP contribution in [0.2, 0.25) is 0 Å². The highest BCUT2D eigenvalue weighted by Gasteiger charge is 2.35. The highest BCUT2D eigenvalue weighted by atomic mass is 19.4. The number of nitrogens with one attached hydrogen (secondary N) is 2. The number of alkyl halides is 3. The third-order valence-corrected chi connectivity index (χ3v) is 4.38. The van der Waals surface area contributed by atoms with E-state index in [0.717, 1.165) is 19.0 Å². The van der Waals surface area contributed by atoms with Gasteiger partial charge in [0.05, 0.1) is 13.2 Å². The van der Waals surface area contributed by atoms with Crippen LogP contribution in [0.1, 0.15) is 32.3 Å². The summed E-state index contributed by atoms with van der Waals surface area (Å²) in [6.45, 7) is 4.99. The topological polar surface area (TPSA) is 68.3 Å². The quantitative estimate of drug-likeness (QED) is 0.344. The number of aromatic nitrogens is 2. The number of halogens is 3. The lowest BCUT2D eigenvalue weighted by Crippen LogP contribution is -2.12. The first-order valence-electron chi connectivity index (χ1n) is 10.3. The van der Waals surface area contributed by atoms with Crippen LogP contribution in [-0.2, 0) is 6.18 Å². The average molecular weight is 446 g/mol. The largest absolute Gasteiger partial charge is 0.494 e. The van der Waals surface area contributed by atoms with Crippen molar-refractivity contribution in [3.05, 3.63) is 60.3 Å². The summed E-state index contributed by atoms with van der Waals surface area (Å²) in [5, 5.41) is 5.66. The molecule has 0 unspecified atom stereocenters. The van der Waals surface area contributed by atoms with Gasteiger partial charge in [-0.2, -0.15) is 18.2 Å². The number of ether oxygens (including phenoxy) is 2. The Morgan fingerprint density at radius 3 is 2.38 bits per heavy atom. The second-order valence-electron chi connectivity index (χ2n) is 6.89. The first-order chi connectivity index (χ1) is 15.4. The minimum Gasteiger partial charge on any atom is -0.494 e. The van der Waals surface area contributed by atoms with Gasteiger partial charge in [0, 0.05) is 23.6 Å². The molecular formula is C23H25F3N4O2. The van der Waals surface area contributed by atoms with Crippen molar-refractivity contribution in [2.24, 2.45) is 0 Å². The standard InChI is InChI=1S/C23H25F3N4O2/c1-3-5-13-32-18-11-9-16(10-12-18)29-22-27-15-20(23(24,25)26)21(30-22)28-17-7-6-8-19(14-17)31-4-2/h6-12,14-15H,3-5,13H2,1-2H3,(H2,27,28,29,30). The summed E-state index contributed by atoms with van der Waals surface area (Å²) in [7, 11) is 0. The van der Waals surface area contributed by atoms with Crippen molar-refractivity contribution < 1.29 is 22.6 Å². The summed E-state index contributed by atoms with van der Waals surface area (Å²) in [6, 6.07) is 13.7. The molecule has 3 rings (SSSR count).